The van der Waals surface area contributed by atoms with Crippen molar-refractivity contribution >= 4 is 41.3 Å². The topological polar surface area (TPSA) is 72.1 Å². The predicted molar refractivity (Wildman–Crippen MR) is 122 cm³/mol. The average Bonchev–Trinajstić information content (AvgIpc) is 3.16. The van der Waals surface area contributed by atoms with Crippen molar-refractivity contribution in [3.63, 3.8) is 0 Å². The van der Waals surface area contributed by atoms with Gasteiger partial charge in [0.1, 0.15) is 5.75 Å². The monoisotopic (exact) mass is 536 g/mol. The van der Waals surface area contributed by atoms with Crippen LogP contribution in [0.25, 0.3) is 0 Å². The van der Waals surface area contributed by atoms with Gasteiger partial charge in [-0.15, -0.1) is 37.1 Å². The van der Waals surface area contributed by atoms with Gasteiger partial charge in [0.2, 0.25) is 0 Å². The van der Waals surface area contributed by atoms with Crippen LogP contribution in [0.3, 0.4) is 0 Å². The van der Waals surface area contributed by atoms with Crippen LogP contribution >= 0.6 is 24.0 Å². The highest BCUT2D eigenvalue weighted by atomic mass is 127. The molecule has 0 amide bonds. The Morgan fingerprint density at radius 3 is 2.53 bits per heavy atom. The Bertz CT molecular complexity index is 864. The van der Waals surface area contributed by atoms with E-state index in [0.717, 1.165) is 30.9 Å². The van der Waals surface area contributed by atoms with Crippen molar-refractivity contribution in [3.8, 4) is 11.5 Å². The van der Waals surface area contributed by atoms with Gasteiger partial charge in [-0.3, -0.25) is 4.99 Å². The predicted octanol–water partition coefficient (Wildman–Crippen LogP) is 4.46. The highest BCUT2D eigenvalue weighted by molar-refractivity contribution is 14.0. The van der Waals surface area contributed by atoms with E-state index in [9.17, 15) is 13.2 Å². The molecule has 2 aromatic carbocycles. The van der Waals surface area contributed by atoms with Crippen molar-refractivity contribution in [2.45, 2.75) is 12.8 Å². The number of hydrogen-bond acceptors (Lipinski definition) is 4. The van der Waals surface area contributed by atoms with Crippen molar-refractivity contribution in [2.75, 3.05) is 37.0 Å². The van der Waals surface area contributed by atoms with Gasteiger partial charge in [0.25, 0.3) is 0 Å². The maximum atomic E-state index is 12.5. The number of para-hydroxylation sites is 4. The molecule has 1 aliphatic rings. The number of rotatable bonds is 6. The number of nitrogens with zero attached hydrogens (tertiary/aromatic N) is 2. The first-order chi connectivity index (χ1) is 13.9. The van der Waals surface area contributed by atoms with Gasteiger partial charge in [0.15, 0.2) is 11.7 Å². The first kappa shape index (κ1) is 23.9. The second-order valence-electron chi connectivity index (χ2n) is 6.67. The molecule has 6 nitrogen and oxygen atoms in total. The minimum Gasteiger partial charge on any atom is -0.495 e. The second kappa shape index (κ2) is 10.6. The van der Waals surface area contributed by atoms with Crippen molar-refractivity contribution in [2.24, 2.45) is 16.6 Å². The molecule has 1 saturated heterocycles. The number of nitrogens with one attached hydrogen (secondary N) is 1. The number of methoxy groups -OCH3 is 1. The van der Waals surface area contributed by atoms with Gasteiger partial charge < -0.3 is 25.4 Å². The van der Waals surface area contributed by atoms with E-state index in [4.69, 9.17) is 10.5 Å². The van der Waals surface area contributed by atoms with E-state index >= 15 is 0 Å². The van der Waals surface area contributed by atoms with E-state index in [2.05, 4.69) is 19.9 Å². The van der Waals surface area contributed by atoms with Crippen LogP contribution in [0.1, 0.15) is 6.42 Å². The molecular formula is C20H24F3IN4O2. The Morgan fingerprint density at radius 1 is 1.17 bits per heavy atom. The standard InChI is InChI=1S/C20H23F3N4O2.HI/c1-28-18-9-5-3-7-16(18)27-11-10-14(13-27)12-25-19(24)26-15-6-2-4-8-17(15)29-20(21,22)23;/h2-9,14H,10-13H2,1H3,(H3,24,25,26);1H. The lowest BCUT2D eigenvalue weighted by Crippen LogP contribution is -2.26. The molecule has 3 N–H and O–H groups in total. The molecule has 1 heterocycles. The lowest BCUT2D eigenvalue weighted by atomic mass is 10.1. The van der Waals surface area contributed by atoms with Gasteiger partial charge in [-0.05, 0) is 36.6 Å². The molecule has 164 valence electrons. The molecule has 2 aromatic rings. The lowest BCUT2D eigenvalue weighted by molar-refractivity contribution is -0.274. The second-order valence-corrected chi connectivity index (χ2v) is 6.67. The molecule has 3 rings (SSSR count). The molecule has 0 saturated carbocycles. The maximum Gasteiger partial charge on any atom is 0.573 e. The Morgan fingerprint density at radius 2 is 1.83 bits per heavy atom. The van der Waals surface area contributed by atoms with E-state index in [1.807, 2.05) is 24.3 Å². The number of anilines is 2. The number of aliphatic imine (C=N–C) groups is 1. The number of hydrogen-bond donors (Lipinski definition) is 2. The van der Waals surface area contributed by atoms with E-state index in [-0.39, 0.29) is 47.3 Å². The Balaban J connectivity index is 0.00000320. The first-order valence-electron chi connectivity index (χ1n) is 9.15. The van der Waals surface area contributed by atoms with Crippen molar-refractivity contribution in [1.29, 1.82) is 0 Å². The zero-order valence-corrected chi connectivity index (χ0v) is 18.7. The quantitative estimate of drug-likeness (QED) is 0.324. The number of ether oxygens (including phenoxy) is 2. The molecule has 30 heavy (non-hydrogen) atoms. The fourth-order valence-corrected chi connectivity index (χ4v) is 3.28. The van der Waals surface area contributed by atoms with Crippen LogP contribution in [0.2, 0.25) is 0 Å². The third-order valence-corrected chi connectivity index (χ3v) is 4.61. The van der Waals surface area contributed by atoms with Crippen LogP contribution in [-0.2, 0) is 0 Å². The average molecular weight is 536 g/mol. The zero-order chi connectivity index (χ0) is 20.9. The fraction of sp³-hybridized carbons (Fsp3) is 0.350. The van der Waals surface area contributed by atoms with Crippen LogP contribution in [-0.4, -0.2) is 39.1 Å². The molecule has 1 atom stereocenters. The summed E-state index contributed by atoms with van der Waals surface area (Å²) in [6.45, 7) is 2.13. The summed E-state index contributed by atoms with van der Waals surface area (Å²) in [6, 6.07) is 13.5. The molecule has 0 spiro atoms. The Hall–Kier alpha value is -2.37. The molecule has 0 radical (unpaired) electrons. The molecule has 10 heteroatoms. The summed E-state index contributed by atoms with van der Waals surface area (Å²) >= 11 is 0. The van der Waals surface area contributed by atoms with Crippen molar-refractivity contribution < 1.29 is 22.6 Å². The van der Waals surface area contributed by atoms with Crippen LogP contribution in [0.5, 0.6) is 11.5 Å². The number of benzene rings is 2. The van der Waals surface area contributed by atoms with Gasteiger partial charge in [-0.25, -0.2) is 0 Å². The summed E-state index contributed by atoms with van der Waals surface area (Å²) in [7, 11) is 1.64. The summed E-state index contributed by atoms with van der Waals surface area (Å²) < 4.78 is 47.0. The number of halogens is 4. The first-order valence-corrected chi connectivity index (χ1v) is 9.15. The van der Waals surface area contributed by atoms with Crippen LogP contribution in [0, 0.1) is 5.92 Å². The van der Waals surface area contributed by atoms with Crippen LogP contribution in [0.15, 0.2) is 53.5 Å². The summed E-state index contributed by atoms with van der Waals surface area (Å²) in [5.74, 6) is 0.779. The molecular weight excluding hydrogens is 512 g/mol. The van der Waals surface area contributed by atoms with E-state index in [0.29, 0.717) is 6.54 Å². The maximum absolute atomic E-state index is 12.5. The van der Waals surface area contributed by atoms with Crippen molar-refractivity contribution in [1.82, 2.24) is 0 Å². The van der Waals surface area contributed by atoms with Crippen LogP contribution < -0.4 is 25.4 Å². The molecule has 0 aromatic heterocycles. The Labute approximate surface area is 190 Å². The normalized spacial score (nSPS) is 16.7. The summed E-state index contributed by atoms with van der Waals surface area (Å²) in [5.41, 5.74) is 7.01. The third kappa shape index (κ3) is 6.57. The minimum absolute atomic E-state index is 0. The van der Waals surface area contributed by atoms with Gasteiger partial charge in [-0.1, -0.05) is 24.3 Å². The number of nitrogens with two attached hydrogens (primary N) is 1. The highest BCUT2D eigenvalue weighted by Crippen LogP contribution is 2.32. The van der Waals surface area contributed by atoms with Gasteiger partial charge in [0, 0.05) is 19.6 Å². The molecule has 1 fully saturated rings. The van der Waals surface area contributed by atoms with E-state index in [1.54, 1.807) is 13.2 Å². The smallest absolute Gasteiger partial charge is 0.495 e. The number of alkyl halides is 3. The molecule has 1 aliphatic heterocycles. The fourth-order valence-electron chi connectivity index (χ4n) is 3.28. The minimum atomic E-state index is -4.78. The molecule has 0 aliphatic carbocycles. The third-order valence-electron chi connectivity index (χ3n) is 4.61. The zero-order valence-electron chi connectivity index (χ0n) is 16.4. The van der Waals surface area contributed by atoms with Crippen molar-refractivity contribution in [3.05, 3.63) is 48.5 Å². The summed E-state index contributed by atoms with van der Waals surface area (Å²) in [4.78, 5) is 6.53. The van der Waals surface area contributed by atoms with Crippen LogP contribution in [0.4, 0.5) is 24.5 Å². The molecule has 0 bridgehead atoms. The van der Waals surface area contributed by atoms with Gasteiger partial charge in [0.05, 0.1) is 18.5 Å². The Kier molecular flexibility index (Phi) is 8.44. The summed E-state index contributed by atoms with van der Waals surface area (Å²) in [5, 5.41) is 2.69. The number of guanidine groups is 1. The lowest BCUT2D eigenvalue weighted by Gasteiger charge is -2.21. The SMILES string of the molecule is COc1ccccc1N1CCC(CN=C(N)Nc2ccccc2OC(F)(F)F)C1.I. The largest absolute Gasteiger partial charge is 0.573 e. The highest BCUT2D eigenvalue weighted by Gasteiger charge is 2.32. The van der Waals surface area contributed by atoms with Gasteiger partial charge in [-0.2, -0.15) is 0 Å². The van der Waals surface area contributed by atoms with E-state index in [1.165, 1.54) is 18.2 Å². The van der Waals surface area contributed by atoms with Gasteiger partial charge >= 0.3 is 6.36 Å². The van der Waals surface area contributed by atoms with E-state index < -0.39 is 6.36 Å². The molecule has 1 unspecified atom stereocenters. The summed E-state index contributed by atoms with van der Waals surface area (Å²) in [6.07, 6.45) is -3.85.